The van der Waals surface area contributed by atoms with Gasteiger partial charge in [-0.1, -0.05) is 0 Å². The van der Waals surface area contributed by atoms with Crippen molar-refractivity contribution in [3.8, 4) is 12.0 Å². The van der Waals surface area contributed by atoms with Crippen molar-refractivity contribution in [1.82, 2.24) is 0 Å². The third-order valence-electron chi connectivity index (χ3n) is 0.459. The van der Waals surface area contributed by atoms with Crippen molar-refractivity contribution >= 4 is 0 Å². The summed E-state index contributed by atoms with van der Waals surface area (Å²) in [5.74, 6) is 2.45. The first-order valence-electron chi connectivity index (χ1n) is 2.34. The highest BCUT2D eigenvalue weighted by molar-refractivity contribution is 5.05. The standard InChI is InChI=1S/C6H10O2/c1-6(2,7)4-5-8-3/h7H,1-3H3. The highest BCUT2D eigenvalue weighted by Gasteiger charge is 2.05. The van der Waals surface area contributed by atoms with Crippen LogP contribution in [0.1, 0.15) is 13.8 Å². The summed E-state index contributed by atoms with van der Waals surface area (Å²) in [4.78, 5) is 0. The van der Waals surface area contributed by atoms with Gasteiger partial charge in [0.05, 0.1) is 7.11 Å². The average molecular weight is 114 g/mol. The maximum atomic E-state index is 8.90. The van der Waals surface area contributed by atoms with Crippen LogP contribution in [0.2, 0.25) is 0 Å². The normalized spacial score (nSPS) is 9.50. The van der Waals surface area contributed by atoms with Gasteiger partial charge in [-0.25, -0.2) is 0 Å². The zero-order valence-electron chi connectivity index (χ0n) is 5.36. The Morgan fingerprint density at radius 2 is 2.00 bits per heavy atom. The maximum Gasteiger partial charge on any atom is 0.123 e. The van der Waals surface area contributed by atoms with E-state index in [-0.39, 0.29) is 0 Å². The summed E-state index contributed by atoms with van der Waals surface area (Å²) in [7, 11) is 1.46. The minimum atomic E-state index is -0.935. The molecule has 2 nitrogen and oxygen atoms in total. The molecule has 0 aromatic rings. The molecular weight excluding hydrogens is 104 g/mol. The second-order valence-corrected chi connectivity index (χ2v) is 1.99. The Morgan fingerprint density at radius 1 is 1.50 bits per heavy atom. The molecule has 0 aromatic heterocycles. The summed E-state index contributed by atoms with van der Waals surface area (Å²) >= 11 is 0. The zero-order valence-corrected chi connectivity index (χ0v) is 5.36. The number of ether oxygens (including phenoxy) is 1. The van der Waals surface area contributed by atoms with Crippen molar-refractivity contribution in [2.45, 2.75) is 19.4 Å². The van der Waals surface area contributed by atoms with E-state index in [4.69, 9.17) is 5.11 Å². The lowest BCUT2D eigenvalue weighted by Crippen LogP contribution is -2.14. The van der Waals surface area contributed by atoms with Crippen LogP contribution in [0.15, 0.2) is 0 Å². The largest absolute Gasteiger partial charge is 0.450 e. The summed E-state index contributed by atoms with van der Waals surface area (Å²) in [6, 6.07) is 0. The SMILES string of the molecule is COC#CC(C)(C)O. The fraction of sp³-hybridized carbons (Fsp3) is 0.667. The first-order chi connectivity index (χ1) is 3.56. The van der Waals surface area contributed by atoms with E-state index >= 15 is 0 Å². The minimum absolute atomic E-state index is 0.935. The van der Waals surface area contributed by atoms with Crippen molar-refractivity contribution < 1.29 is 9.84 Å². The molecule has 0 fully saturated rings. The fourth-order valence-corrected chi connectivity index (χ4v) is 0.176. The monoisotopic (exact) mass is 114 g/mol. The van der Waals surface area contributed by atoms with E-state index in [0.717, 1.165) is 0 Å². The van der Waals surface area contributed by atoms with Gasteiger partial charge in [0.1, 0.15) is 11.7 Å². The topological polar surface area (TPSA) is 29.5 Å². The van der Waals surface area contributed by atoms with E-state index < -0.39 is 5.60 Å². The highest BCUT2D eigenvalue weighted by Crippen LogP contribution is 1.95. The number of methoxy groups -OCH3 is 1. The van der Waals surface area contributed by atoms with E-state index in [1.807, 2.05) is 0 Å². The molecule has 0 bridgehead atoms. The molecule has 0 saturated carbocycles. The van der Waals surface area contributed by atoms with Crippen LogP contribution in [0.25, 0.3) is 0 Å². The van der Waals surface area contributed by atoms with Crippen molar-refractivity contribution in [2.75, 3.05) is 7.11 Å². The molecule has 0 heterocycles. The van der Waals surface area contributed by atoms with Crippen LogP contribution >= 0.6 is 0 Å². The van der Waals surface area contributed by atoms with Crippen LogP contribution in [0.4, 0.5) is 0 Å². The third-order valence-corrected chi connectivity index (χ3v) is 0.459. The van der Waals surface area contributed by atoms with Gasteiger partial charge < -0.3 is 9.84 Å². The fourth-order valence-electron chi connectivity index (χ4n) is 0.176. The van der Waals surface area contributed by atoms with Crippen LogP contribution < -0.4 is 0 Å². The molecule has 1 N–H and O–H groups in total. The quantitative estimate of drug-likeness (QED) is 0.461. The Balaban J connectivity index is 3.69. The first kappa shape index (κ1) is 7.32. The third kappa shape index (κ3) is 5.32. The molecule has 0 atom stereocenters. The lowest BCUT2D eigenvalue weighted by molar-refractivity contribution is 0.142. The Morgan fingerprint density at radius 3 is 2.12 bits per heavy atom. The van der Waals surface area contributed by atoms with Gasteiger partial charge in [-0.3, -0.25) is 0 Å². The van der Waals surface area contributed by atoms with Gasteiger partial charge in [0.2, 0.25) is 0 Å². The van der Waals surface area contributed by atoms with Gasteiger partial charge >= 0.3 is 0 Å². The zero-order chi connectivity index (χ0) is 6.62. The van der Waals surface area contributed by atoms with E-state index in [1.54, 1.807) is 13.8 Å². The summed E-state index contributed by atoms with van der Waals surface area (Å²) in [6.45, 7) is 3.19. The van der Waals surface area contributed by atoms with Crippen molar-refractivity contribution in [3.63, 3.8) is 0 Å². The van der Waals surface area contributed by atoms with E-state index in [2.05, 4.69) is 16.8 Å². The Kier molecular flexibility index (Phi) is 2.36. The van der Waals surface area contributed by atoms with Crippen molar-refractivity contribution in [3.05, 3.63) is 0 Å². The van der Waals surface area contributed by atoms with Crippen molar-refractivity contribution in [1.29, 1.82) is 0 Å². The van der Waals surface area contributed by atoms with Crippen LogP contribution in [0.5, 0.6) is 0 Å². The molecule has 46 valence electrons. The molecule has 8 heavy (non-hydrogen) atoms. The molecule has 0 rings (SSSR count). The van der Waals surface area contributed by atoms with Crippen LogP contribution in [-0.4, -0.2) is 17.8 Å². The van der Waals surface area contributed by atoms with Crippen molar-refractivity contribution in [2.24, 2.45) is 0 Å². The molecule has 0 aliphatic heterocycles. The predicted molar refractivity (Wildman–Crippen MR) is 31.1 cm³/mol. The minimum Gasteiger partial charge on any atom is -0.450 e. The molecule has 0 unspecified atom stereocenters. The summed E-state index contributed by atoms with van der Waals surface area (Å²) in [5.41, 5.74) is -0.935. The molecule has 0 aliphatic rings. The lowest BCUT2D eigenvalue weighted by Gasteiger charge is -2.04. The number of rotatable bonds is 0. The van der Waals surface area contributed by atoms with Crippen LogP contribution in [0, 0.1) is 12.0 Å². The maximum absolute atomic E-state index is 8.90. The van der Waals surface area contributed by atoms with Gasteiger partial charge in [-0.05, 0) is 19.8 Å². The Hall–Kier alpha value is -0.680. The second kappa shape index (κ2) is 2.58. The molecular formula is C6H10O2. The van der Waals surface area contributed by atoms with Crippen LogP contribution in [-0.2, 0) is 4.74 Å². The summed E-state index contributed by atoms with van der Waals surface area (Å²) in [5, 5.41) is 8.90. The predicted octanol–water partition coefficient (Wildman–Crippen LogP) is 0.365. The molecule has 0 spiro atoms. The first-order valence-corrected chi connectivity index (χ1v) is 2.34. The van der Waals surface area contributed by atoms with Gasteiger partial charge in [0.25, 0.3) is 0 Å². The van der Waals surface area contributed by atoms with Gasteiger partial charge in [0, 0.05) is 0 Å². The highest BCUT2D eigenvalue weighted by atomic mass is 16.5. The molecule has 0 radical (unpaired) electrons. The molecule has 2 heteroatoms. The summed E-state index contributed by atoms with van der Waals surface area (Å²) in [6.07, 6.45) is 2.29. The summed E-state index contributed by atoms with van der Waals surface area (Å²) < 4.78 is 4.40. The van der Waals surface area contributed by atoms with Gasteiger partial charge in [-0.15, -0.1) is 0 Å². The number of hydrogen-bond donors (Lipinski definition) is 1. The van der Waals surface area contributed by atoms with E-state index in [0.29, 0.717) is 0 Å². The number of hydrogen-bond acceptors (Lipinski definition) is 2. The molecule has 0 aliphatic carbocycles. The van der Waals surface area contributed by atoms with E-state index in [9.17, 15) is 0 Å². The van der Waals surface area contributed by atoms with Gasteiger partial charge in [0.15, 0.2) is 0 Å². The number of aliphatic hydroxyl groups is 1. The molecule has 0 amide bonds. The van der Waals surface area contributed by atoms with Crippen LogP contribution in [0.3, 0.4) is 0 Å². The molecule has 0 aromatic carbocycles. The lowest BCUT2D eigenvalue weighted by atomic mass is 10.2. The van der Waals surface area contributed by atoms with Gasteiger partial charge in [-0.2, -0.15) is 0 Å². The average Bonchev–Trinajstić information content (AvgIpc) is 1.59. The Bertz CT molecular complexity index is 111. The Labute approximate surface area is 49.5 Å². The smallest absolute Gasteiger partial charge is 0.123 e. The second-order valence-electron chi connectivity index (χ2n) is 1.99. The van der Waals surface area contributed by atoms with E-state index in [1.165, 1.54) is 7.11 Å². The molecule has 0 saturated heterocycles.